The predicted molar refractivity (Wildman–Crippen MR) is 338 cm³/mol. The highest BCUT2D eigenvalue weighted by atomic mass is 16.7. The van der Waals surface area contributed by atoms with E-state index in [1.807, 2.05) is 32.9 Å². The molecule has 95 heavy (non-hydrogen) atoms. The first-order chi connectivity index (χ1) is 44.6. The van der Waals surface area contributed by atoms with Crippen molar-refractivity contribution in [3.8, 4) is 0 Å². The Morgan fingerprint density at radius 1 is 0.800 bits per heavy atom. The number of likely N-dealkylation sites (tertiary alicyclic amines) is 1. The lowest BCUT2D eigenvalue weighted by molar-refractivity contribution is -0.355. The third kappa shape index (κ3) is 22.5. The van der Waals surface area contributed by atoms with Gasteiger partial charge in [0, 0.05) is 47.7 Å². The molecule has 0 saturated carbocycles. The summed E-state index contributed by atoms with van der Waals surface area (Å²) < 4.78 is 34.8. The van der Waals surface area contributed by atoms with Gasteiger partial charge in [0.1, 0.15) is 73.2 Å². The van der Waals surface area contributed by atoms with Crippen LogP contribution < -0.4 is 16.0 Å². The molecule has 3 saturated heterocycles. The van der Waals surface area contributed by atoms with E-state index in [9.17, 15) is 100 Å². The molecule has 0 aromatic carbocycles. The lowest BCUT2D eigenvalue weighted by Gasteiger charge is -2.50. The summed E-state index contributed by atoms with van der Waals surface area (Å²) in [5.41, 5.74) is 0. The van der Waals surface area contributed by atoms with Crippen LogP contribution in [0.4, 0.5) is 0 Å². The SMILES string of the molecule is CCC=CC=CCC(NC(=O)C(C)C(OC)C1CCCN1C(=O)CC(OC)C(C(C)CC)N(C)C(=O)C(NC(=O)C(C(C)C)N(C)CC(O)C(O)C(OCC1OC(CO)C(O)C(OC2(C(=O)O)CC(O)C(NC(C)=O)C(C(O)C(O)CO)O2)C1O)C(O)CO)C(C)C)C(O)O. The molecule has 3 heterocycles. The number of amides is 5. The Morgan fingerprint density at radius 2 is 1.42 bits per heavy atom. The van der Waals surface area contributed by atoms with Gasteiger partial charge in [0.05, 0.1) is 93.4 Å². The fraction of sp³-hybridized carbons (Fsp3) is 0.841. The number of aliphatic hydroxyl groups is 13. The second-order valence-electron chi connectivity index (χ2n) is 25.9. The normalized spacial score (nSPS) is 28.1. The number of likely N-dealkylation sites (N-methyl/N-ethyl adjacent to an activating group) is 2. The van der Waals surface area contributed by atoms with Gasteiger partial charge < -0.3 is 126 Å². The molecule has 3 fully saturated rings. The Hall–Kier alpha value is -4.50. The van der Waals surface area contributed by atoms with Gasteiger partial charge in [-0.25, -0.2) is 4.79 Å². The van der Waals surface area contributed by atoms with Crippen LogP contribution in [0.1, 0.15) is 107 Å². The van der Waals surface area contributed by atoms with Crippen molar-refractivity contribution in [1.82, 2.24) is 30.7 Å². The zero-order valence-corrected chi connectivity index (χ0v) is 57.0. The maximum absolute atomic E-state index is 14.9. The second kappa shape index (κ2) is 39.9. The molecular weight excluding hydrogens is 1260 g/mol. The molecule has 3 aliphatic heterocycles. The summed E-state index contributed by atoms with van der Waals surface area (Å²) in [4.78, 5) is 87.2. The molecule has 3 aliphatic rings. The molecule has 0 aromatic rings. The Bertz CT molecular complexity index is 2430. The molecule has 32 heteroatoms. The van der Waals surface area contributed by atoms with Crippen LogP contribution in [0.2, 0.25) is 0 Å². The number of carbonyl (C=O) groups is 6. The molecule has 17 N–H and O–H groups in total. The third-order valence-electron chi connectivity index (χ3n) is 18.3. The van der Waals surface area contributed by atoms with Gasteiger partial charge in [0.2, 0.25) is 29.5 Å². The van der Waals surface area contributed by atoms with E-state index in [1.165, 1.54) is 31.1 Å². The highest BCUT2D eigenvalue weighted by Crippen LogP contribution is 2.38. The molecule has 5 amide bonds. The number of methoxy groups -OCH3 is 2. The number of carboxylic acids is 1. The average molecular weight is 1370 g/mol. The molecule has 0 radical (unpaired) electrons. The molecule has 0 aliphatic carbocycles. The molecule has 550 valence electrons. The zero-order valence-electron chi connectivity index (χ0n) is 57.0. The van der Waals surface area contributed by atoms with Crippen LogP contribution in [0, 0.1) is 23.7 Å². The Labute approximate surface area is 556 Å². The van der Waals surface area contributed by atoms with Gasteiger partial charge in [-0.2, -0.15) is 0 Å². The van der Waals surface area contributed by atoms with Crippen LogP contribution in [0.15, 0.2) is 24.3 Å². The summed E-state index contributed by atoms with van der Waals surface area (Å²) in [5, 5.41) is 158. The summed E-state index contributed by atoms with van der Waals surface area (Å²) in [5.74, 6) is -10.0. The van der Waals surface area contributed by atoms with Crippen molar-refractivity contribution in [3.05, 3.63) is 24.3 Å². The number of carboxylic acid groups (broad SMARTS) is 1. The first kappa shape index (κ1) is 84.7. The minimum atomic E-state index is -3.10. The summed E-state index contributed by atoms with van der Waals surface area (Å²) >= 11 is 0. The minimum Gasteiger partial charge on any atom is -0.477 e. The lowest BCUT2D eigenvalue weighted by atomic mass is 9.87. The standard InChI is InChI=1S/C63H112N6O26/c1-14-16-17-18-19-21-36(61(86)87)65-58(83)34(8)54(91-13)37-22-20-23-69(37)45(78)24-42(90-12)49(33(7)15-2)68(11)60(85)46(31(3)4)66-59(84)48(32(5)6)67(10)26-39(75)50(79)55(41(77)28-71)92-30-44-53(82)57(52(81)43(29-72)93-44)95-63(62(88)89)25-38(74)47(64-35(9)73)56(94-63)51(80)40(76)27-70/h16-19,31-34,36-44,46-57,61,70-72,74-77,79-82,86-87H,14-15,20-30H2,1-13H3,(H,64,73)(H,65,83)(H,66,84)(H,88,89). The van der Waals surface area contributed by atoms with Crippen LogP contribution in [0.25, 0.3) is 0 Å². The lowest BCUT2D eigenvalue weighted by Crippen LogP contribution is -2.70. The van der Waals surface area contributed by atoms with E-state index in [4.69, 9.17) is 28.4 Å². The Kier molecular flexibility index (Phi) is 35.6. The Balaban J connectivity index is 1.83. The van der Waals surface area contributed by atoms with E-state index >= 15 is 0 Å². The Morgan fingerprint density at radius 3 is 1.95 bits per heavy atom. The van der Waals surface area contributed by atoms with Crippen LogP contribution in [-0.4, -0.2) is 329 Å². The first-order valence-corrected chi connectivity index (χ1v) is 32.6. The highest BCUT2D eigenvalue weighted by molar-refractivity contribution is 5.90. The third-order valence-corrected chi connectivity index (χ3v) is 18.3. The van der Waals surface area contributed by atoms with Crippen molar-refractivity contribution in [3.63, 3.8) is 0 Å². The molecule has 0 spiro atoms. The first-order valence-electron chi connectivity index (χ1n) is 32.6. The van der Waals surface area contributed by atoms with Crippen LogP contribution in [0.3, 0.4) is 0 Å². The van der Waals surface area contributed by atoms with E-state index in [0.717, 1.165) is 13.3 Å². The highest BCUT2D eigenvalue weighted by Gasteiger charge is 2.60. The number of carbonyl (C=O) groups excluding carboxylic acids is 5. The van der Waals surface area contributed by atoms with Crippen molar-refractivity contribution in [2.45, 2.75) is 247 Å². The van der Waals surface area contributed by atoms with E-state index in [2.05, 4.69) is 16.0 Å². The van der Waals surface area contributed by atoms with Crippen molar-refractivity contribution < 1.29 is 129 Å². The number of hydrogen-bond acceptors (Lipinski definition) is 26. The van der Waals surface area contributed by atoms with E-state index < -0.39 is 227 Å². The molecule has 0 aromatic heterocycles. The van der Waals surface area contributed by atoms with Gasteiger partial charge in [-0.1, -0.05) is 86.1 Å². The van der Waals surface area contributed by atoms with E-state index in [1.54, 1.807) is 58.7 Å². The van der Waals surface area contributed by atoms with Gasteiger partial charge in [-0.05, 0) is 50.5 Å². The minimum absolute atomic E-state index is 0.140. The second-order valence-corrected chi connectivity index (χ2v) is 25.9. The number of nitrogens with zero attached hydrogens (tertiary/aromatic N) is 3. The number of allylic oxidation sites excluding steroid dienone is 3. The number of hydrogen-bond donors (Lipinski definition) is 17. The smallest absolute Gasteiger partial charge is 0.364 e. The molecule has 3 rings (SSSR count). The predicted octanol–water partition coefficient (Wildman–Crippen LogP) is -4.81. The summed E-state index contributed by atoms with van der Waals surface area (Å²) in [6, 6.07) is -6.18. The van der Waals surface area contributed by atoms with Crippen molar-refractivity contribution >= 4 is 35.5 Å². The molecule has 32 nitrogen and oxygen atoms in total. The number of aliphatic carboxylic acids is 1. The molecular formula is C63H112N6O26. The maximum atomic E-state index is 14.9. The summed E-state index contributed by atoms with van der Waals surface area (Å²) in [6.45, 7) is 11.0. The number of aliphatic hydroxyl groups excluding tert-OH is 12. The van der Waals surface area contributed by atoms with Crippen LogP contribution >= 0.6 is 0 Å². The topological polar surface area (TPSA) is 487 Å². The summed E-state index contributed by atoms with van der Waals surface area (Å²) in [7, 11) is 5.88. The van der Waals surface area contributed by atoms with Crippen molar-refractivity contribution in [2.24, 2.45) is 23.7 Å². The largest absolute Gasteiger partial charge is 0.477 e. The van der Waals surface area contributed by atoms with E-state index in [0.29, 0.717) is 25.8 Å². The molecule has 24 atom stereocenters. The van der Waals surface area contributed by atoms with Crippen LogP contribution in [0.5, 0.6) is 0 Å². The fourth-order valence-electron chi connectivity index (χ4n) is 12.8. The molecule has 24 unspecified atom stereocenters. The van der Waals surface area contributed by atoms with Gasteiger partial charge in [0.15, 0.2) is 6.29 Å². The number of rotatable bonds is 40. The quantitative estimate of drug-likeness (QED) is 0.0202. The van der Waals surface area contributed by atoms with Gasteiger partial charge in [-0.3, -0.25) is 28.9 Å². The van der Waals surface area contributed by atoms with Crippen molar-refractivity contribution in [1.29, 1.82) is 0 Å². The van der Waals surface area contributed by atoms with Gasteiger partial charge in [-0.15, -0.1) is 0 Å². The van der Waals surface area contributed by atoms with E-state index in [-0.39, 0.29) is 24.7 Å². The fourth-order valence-corrected chi connectivity index (χ4v) is 12.8. The number of nitrogens with one attached hydrogen (secondary N) is 3. The van der Waals surface area contributed by atoms with Crippen LogP contribution in [-0.2, 0) is 57.2 Å². The van der Waals surface area contributed by atoms with Crippen molar-refractivity contribution in [2.75, 3.05) is 67.8 Å². The maximum Gasteiger partial charge on any atom is 0.364 e. The summed E-state index contributed by atoms with van der Waals surface area (Å²) in [6.07, 6.45) is -20.8. The monoisotopic (exact) mass is 1370 g/mol. The molecule has 0 bridgehead atoms. The zero-order chi connectivity index (χ0) is 72.1. The number of ether oxygens (including phenoxy) is 6. The van der Waals surface area contributed by atoms with Gasteiger partial charge in [0.25, 0.3) is 5.79 Å². The average Bonchev–Trinajstić information content (AvgIpc) is 0.919. The van der Waals surface area contributed by atoms with Gasteiger partial charge >= 0.3 is 5.97 Å².